The van der Waals surface area contributed by atoms with Crippen LogP contribution in [0.5, 0.6) is 0 Å². The largest absolute Gasteiger partial charge is 0.462 e. The Morgan fingerprint density at radius 3 is 2.69 bits per heavy atom. The monoisotopic (exact) mass is 434 g/mol. The Morgan fingerprint density at radius 2 is 1.88 bits per heavy atom. The highest BCUT2D eigenvalue weighted by molar-refractivity contribution is 5.91. The van der Waals surface area contributed by atoms with Gasteiger partial charge in [0, 0.05) is 18.8 Å². The Balaban J connectivity index is 1.22. The van der Waals surface area contributed by atoms with Crippen molar-refractivity contribution >= 4 is 11.8 Å². The number of allylic oxidation sites excluding steroid dienone is 1. The number of ether oxygens (including phenoxy) is 1. The van der Waals surface area contributed by atoms with Gasteiger partial charge in [0.2, 0.25) is 0 Å². The van der Waals surface area contributed by atoms with Gasteiger partial charge in [0.05, 0.1) is 0 Å². The van der Waals surface area contributed by atoms with Crippen molar-refractivity contribution < 1.29 is 14.3 Å². The molecule has 3 heteroatoms. The predicted octanol–water partition coefficient (Wildman–Crippen LogP) is 6.31. The molecule has 0 bridgehead atoms. The molecule has 172 valence electrons. The quantitative estimate of drug-likeness (QED) is 0.510. The van der Waals surface area contributed by atoms with Crippen LogP contribution in [0.2, 0.25) is 0 Å². The smallest absolute Gasteiger partial charge is 0.306 e. The van der Waals surface area contributed by atoms with Gasteiger partial charge in [0.25, 0.3) is 0 Å². The molecule has 4 aliphatic rings. The van der Waals surface area contributed by atoms with Crippen LogP contribution in [0.1, 0.15) is 77.2 Å². The van der Waals surface area contributed by atoms with E-state index in [2.05, 4.69) is 26.0 Å². The maximum Gasteiger partial charge on any atom is 0.306 e. The molecule has 0 radical (unpaired) electrons. The average Bonchev–Trinajstić information content (AvgIpc) is 3.15. The number of benzene rings is 1. The molecule has 1 aromatic carbocycles. The number of carbonyl (C=O) groups is 2. The first-order valence-electron chi connectivity index (χ1n) is 12.9. The summed E-state index contributed by atoms with van der Waals surface area (Å²) in [5, 5.41) is 0. The molecule has 0 N–H and O–H groups in total. The van der Waals surface area contributed by atoms with Crippen molar-refractivity contribution in [1.82, 2.24) is 0 Å². The number of aryl methyl sites for hydroxylation is 1. The lowest BCUT2D eigenvalue weighted by atomic mass is 9.51. The Kier molecular flexibility index (Phi) is 6.03. The number of carbonyl (C=O) groups excluding carboxylic acids is 2. The van der Waals surface area contributed by atoms with Crippen LogP contribution in [-0.4, -0.2) is 17.9 Å². The lowest BCUT2D eigenvalue weighted by molar-refractivity contribution is -0.154. The van der Waals surface area contributed by atoms with E-state index in [1.807, 2.05) is 24.3 Å². The molecule has 7 atom stereocenters. The summed E-state index contributed by atoms with van der Waals surface area (Å²) in [6.07, 6.45) is 12.4. The predicted molar refractivity (Wildman–Crippen MR) is 126 cm³/mol. The molecule has 0 saturated heterocycles. The zero-order valence-corrected chi connectivity index (χ0v) is 19.7. The molecule has 3 fully saturated rings. The van der Waals surface area contributed by atoms with Crippen molar-refractivity contribution in [1.29, 1.82) is 0 Å². The molecule has 3 saturated carbocycles. The maximum atomic E-state index is 12.6. The summed E-state index contributed by atoms with van der Waals surface area (Å²) in [5.41, 5.74) is 2.94. The van der Waals surface area contributed by atoms with Crippen LogP contribution < -0.4 is 0 Å². The standard InChI is InChI=1S/C29H38O3/c1-19(32-28(31)15-8-20-6-4-3-5-7-20)26-13-14-27-25-11-9-21-18-22(30)10-12-23(21)24(25)16-17-29(26,27)2/h3-7,18-19,23-27H,8-17H2,1-2H3. The normalized spacial score (nSPS) is 37.0. The third kappa shape index (κ3) is 3.97. The van der Waals surface area contributed by atoms with Crippen LogP contribution >= 0.6 is 0 Å². The molecule has 0 spiro atoms. The minimum absolute atomic E-state index is 0.00354. The lowest BCUT2D eigenvalue weighted by Gasteiger charge is -2.54. The van der Waals surface area contributed by atoms with E-state index >= 15 is 0 Å². The first kappa shape index (κ1) is 21.9. The van der Waals surface area contributed by atoms with Gasteiger partial charge in [-0.25, -0.2) is 0 Å². The molecule has 3 nitrogen and oxygen atoms in total. The van der Waals surface area contributed by atoms with E-state index in [0.29, 0.717) is 24.0 Å². The second kappa shape index (κ2) is 8.80. The van der Waals surface area contributed by atoms with Crippen molar-refractivity contribution in [3.05, 3.63) is 47.5 Å². The summed E-state index contributed by atoms with van der Waals surface area (Å²) >= 11 is 0. The Morgan fingerprint density at radius 1 is 1.06 bits per heavy atom. The second-order valence-electron chi connectivity index (χ2n) is 11.2. The van der Waals surface area contributed by atoms with Gasteiger partial charge in [-0.2, -0.15) is 0 Å². The van der Waals surface area contributed by atoms with Gasteiger partial charge in [-0.15, -0.1) is 0 Å². The van der Waals surface area contributed by atoms with Crippen LogP contribution in [0.3, 0.4) is 0 Å². The van der Waals surface area contributed by atoms with E-state index in [9.17, 15) is 9.59 Å². The molecule has 0 aliphatic heterocycles. The van der Waals surface area contributed by atoms with E-state index in [1.165, 1.54) is 43.2 Å². The Hall–Kier alpha value is -1.90. The van der Waals surface area contributed by atoms with Gasteiger partial charge in [-0.05, 0) is 99.0 Å². The van der Waals surface area contributed by atoms with Gasteiger partial charge in [0.15, 0.2) is 5.78 Å². The van der Waals surface area contributed by atoms with Crippen LogP contribution in [0.15, 0.2) is 42.0 Å². The third-order valence-corrected chi connectivity index (χ3v) is 9.72. The van der Waals surface area contributed by atoms with Gasteiger partial charge in [-0.3, -0.25) is 9.59 Å². The molecule has 7 unspecified atom stereocenters. The molecule has 5 rings (SSSR count). The highest BCUT2D eigenvalue weighted by atomic mass is 16.5. The minimum Gasteiger partial charge on any atom is -0.462 e. The van der Waals surface area contributed by atoms with Crippen LogP contribution in [0.25, 0.3) is 0 Å². The molecule has 0 amide bonds. The van der Waals surface area contributed by atoms with Gasteiger partial charge in [0.1, 0.15) is 6.10 Å². The fourth-order valence-electron chi connectivity index (χ4n) is 8.23. The van der Waals surface area contributed by atoms with Crippen molar-refractivity contribution in [2.75, 3.05) is 0 Å². The zero-order valence-electron chi connectivity index (χ0n) is 19.7. The van der Waals surface area contributed by atoms with Crippen LogP contribution in [0.4, 0.5) is 0 Å². The minimum atomic E-state index is -0.0543. The van der Waals surface area contributed by atoms with E-state index in [0.717, 1.165) is 43.4 Å². The molecule has 0 aromatic heterocycles. The van der Waals surface area contributed by atoms with E-state index in [1.54, 1.807) is 0 Å². The third-order valence-electron chi connectivity index (χ3n) is 9.72. The SMILES string of the molecule is CC(OC(=O)CCc1ccccc1)C1CCC2C3CCC4=CC(=O)CCC4C3CCC12C. The average molecular weight is 435 g/mol. The summed E-state index contributed by atoms with van der Waals surface area (Å²) in [5.74, 6) is 3.72. The van der Waals surface area contributed by atoms with E-state index < -0.39 is 0 Å². The van der Waals surface area contributed by atoms with Crippen molar-refractivity contribution in [3.8, 4) is 0 Å². The number of fused-ring (bicyclic) bond motifs is 5. The molecular formula is C29H38O3. The van der Waals surface area contributed by atoms with E-state index in [-0.39, 0.29) is 17.5 Å². The summed E-state index contributed by atoms with van der Waals surface area (Å²) in [6, 6.07) is 10.2. The summed E-state index contributed by atoms with van der Waals surface area (Å²) in [7, 11) is 0. The van der Waals surface area contributed by atoms with Gasteiger partial charge in [-0.1, -0.05) is 42.8 Å². The number of hydrogen-bond donors (Lipinski definition) is 0. The molecule has 4 aliphatic carbocycles. The molecule has 32 heavy (non-hydrogen) atoms. The van der Waals surface area contributed by atoms with E-state index in [4.69, 9.17) is 4.74 Å². The molecular weight excluding hydrogens is 396 g/mol. The number of hydrogen-bond acceptors (Lipinski definition) is 3. The highest BCUT2D eigenvalue weighted by Gasteiger charge is 2.57. The summed E-state index contributed by atoms with van der Waals surface area (Å²) in [4.78, 5) is 24.5. The Labute approximate surface area is 193 Å². The summed E-state index contributed by atoms with van der Waals surface area (Å²) in [6.45, 7) is 4.63. The maximum absolute atomic E-state index is 12.6. The highest BCUT2D eigenvalue weighted by Crippen LogP contribution is 2.64. The van der Waals surface area contributed by atoms with Crippen LogP contribution in [0, 0.1) is 35.0 Å². The van der Waals surface area contributed by atoms with Crippen LogP contribution in [-0.2, 0) is 20.7 Å². The van der Waals surface area contributed by atoms with Crippen molar-refractivity contribution in [2.24, 2.45) is 35.0 Å². The van der Waals surface area contributed by atoms with Gasteiger partial charge < -0.3 is 4.74 Å². The molecule has 1 aromatic rings. The lowest BCUT2D eigenvalue weighted by Crippen LogP contribution is -2.48. The van der Waals surface area contributed by atoms with Crippen molar-refractivity contribution in [2.45, 2.75) is 84.2 Å². The fourth-order valence-corrected chi connectivity index (χ4v) is 8.23. The second-order valence-corrected chi connectivity index (χ2v) is 11.2. The molecule has 0 heterocycles. The summed E-state index contributed by atoms with van der Waals surface area (Å²) < 4.78 is 6.02. The number of esters is 1. The fraction of sp³-hybridized carbons (Fsp3) is 0.655. The first-order valence-corrected chi connectivity index (χ1v) is 12.9. The number of rotatable bonds is 5. The van der Waals surface area contributed by atoms with Gasteiger partial charge >= 0.3 is 5.97 Å². The Bertz CT molecular complexity index is 887. The van der Waals surface area contributed by atoms with Crippen molar-refractivity contribution in [3.63, 3.8) is 0 Å². The number of ketones is 1. The topological polar surface area (TPSA) is 43.4 Å². The first-order chi connectivity index (χ1) is 15.5. The zero-order chi connectivity index (χ0) is 22.3.